The quantitative estimate of drug-likeness (QED) is 0.560. The van der Waals surface area contributed by atoms with E-state index < -0.39 is 17.3 Å². The van der Waals surface area contributed by atoms with Gasteiger partial charge in [0.25, 0.3) is 5.56 Å². The lowest BCUT2D eigenvalue weighted by Crippen LogP contribution is -2.25. The van der Waals surface area contributed by atoms with Gasteiger partial charge >= 0.3 is 5.97 Å². The van der Waals surface area contributed by atoms with Gasteiger partial charge in [-0.05, 0) is 19.1 Å². The van der Waals surface area contributed by atoms with E-state index >= 15 is 0 Å². The van der Waals surface area contributed by atoms with Crippen molar-refractivity contribution in [1.29, 1.82) is 0 Å². The maximum Gasteiger partial charge on any atom is 0.337 e. The fourth-order valence-electron chi connectivity index (χ4n) is 3.13. The largest absolute Gasteiger partial charge is 0.478 e. The summed E-state index contributed by atoms with van der Waals surface area (Å²) < 4.78 is 15.6. The van der Waals surface area contributed by atoms with Crippen LogP contribution in [-0.4, -0.2) is 20.6 Å². The maximum atomic E-state index is 14.2. The van der Waals surface area contributed by atoms with Gasteiger partial charge in [-0.2, -0.15) is 0 Å². The molecule has 2 heterocycles. The predicted molar refractivity (Wildman–Crippen MR) is 107 cm³/mol. The van der Waals surface area contributed by atoms with Crippen molar-refractivity contribution in [2.24, 2.45) is 0 Å². The standard InChI is InChI=1S/C21H15FN2O3S/c1-12-5-4-7-13(9-12)18-23-19-17(15(11-28-19)21(26)27)20(25)24(18)10-14-6-2-3-8-16(14)22/h2-9,11H,10H2,1H3,(H,26,27). The van der Waals surface area contributed by atoms with Crippen LogP contribution in [0.15, 0.2) is 58.7 Å². The lowest BCUT2D eigenvalue weighted by atomic mass is 10.1. The SMILES string of the molecule is Cc1cccc(-c2nc3scc(C(=O)O)c3c(=O)n2Cc2ccccc2F)c1. The fraction of sp³-hybridized carbons (Fsp3) is 0.0952. The molecule has 0 saturated heterocycles. The number of aromatic nitrogens is 2. The molecule has 4 rings (SSSR count). The molecule has 0 fully saturated rings. The summed E-state index contributed by atoms with van der Waals surface area (Å²) in [4.78, 5) is 29.7. The summed E-state index contributed by atoms with van der Waals surface area (Å²) >= 11 is 1.11. The predicted octanol–water partition coefficient (Wildman–Crippen LogP) is 4.32. The zero-order valence-electron chi connectivity index (χ0n) is 14.8. The zero-order valence-corrected chi connectivity index (χ0v) is 15.7. The summed E-state index contributed by atoms with van der Waals surface area (Å²) in [6, 6.07) is 13.7. The third-order valence-electron chi connectivity index (χ3n) is 4.49. The number of rotatable bonds is 4. The van der Waals surface area contributed by atoms with E-state index in [2.05, 4.69) is 4.98 Å². The molecular formula is C21H15FN2O3S. The molecule has 0 aliphatic heterocycles. The van der Waals surface area contributed by atoms with Crippen molar-refractivity contribution in [3.8, 4) is 11.4 Å². The molecule has 0 radical (unpaired) electrons. The Balaban J connectivity index is 2.03. The van der Waals surface area contributed by atoms with E-state index in [-0.39, 0.29) is 17.5 Å². The molecule has 7 heteroatoms. The van der Waals surface area contributed by atoms with Crippen molar-refractivity contribution in [2.45, 2.75) is 13.5 Å². The Bertz CT molecular complexity index is 1280. The van der Waals surface area contributed by atoms with Crippen LogP contribution in [0.5, 0.6) is 0 Å². The number of benzene rings is 2. The van der Waals surface area contributed by atoms with E-state index in [1.165, 1.54) is 16.0 Å². The molecule has 0 atom stereocenters. The van der Waals surface area contributed by atoms with Crippen LogP contribution in [-0.2, 0) is 6.54 Å². The zero-order chi connectivity index (χ0) is 19.8. The van der Waals surface area contributed by atoms with Gasteiger partial charge in [0.15, 0.2) is 0 Å². The molecule has 28 heavy (non-hydrogen) atoms. The van der Waals surface area contributed by atoms with Gasteiger partial charge in [-0.3, -0.25) is 9.36 Å². The van der Waals surface area contributed by atoms with Crippen LogP contribution in [0.4, 0.5) is 4.39 Å². The van der Waals surface area contributed by atoms with Crippen LogP contribution in [0, 0.1) is 12.7 Å². The van der Waals surface area contributed by atoms with Gasteiger partial charge < -0.3 is 5.11 Å². The monoisotopic (exact) mass is 394 g/mol. The van der Waals surface area contributed by atoms with Crippen LogP contribution in [0.2, 0.25) is 0 Å². The molecule has 0 bridgehead atoms. The van der Waals surface area contributed by atoms with Gasteiger partial charge in [-0.15, -0.1) is 11.3 Å². The Morgan fingerprint density at radius 3 is 2.71 bits per heavy atom. The van der Waals surface area contributed by atoms with Gasteiger partial charge in [-0.25, -0.2) is 14.2 Å². The highest BCUT2D eigenvalue weighted by molar-refractivity contribution is 7.17. The van der Waals surface area contributed by atoms with E-state index in [4.69, 9.17) is 0 Å². The Labute approximate surface area is 163 Å². The molecule has 0 spiro atoms. The first-order valence-corrected chi connectivity index (χ1v) is 9.39. The maximum absolute atomic E-state index is 14.2. The van der Waals surface area contributed by atoms with Crippen LogP contribution in [0.1, 0.15) is 21.5 Å². The number of aromatic carboxylic acids is 1. The van der Waals surface area contributed by atoms with Crippen LogP contribution < -0.4 is 5.56 Å². The second-order valence-corrected chi connectivity index (χ2v) is 7.28. The Hall–Kier alpha value is -3.32. The van der Waals surface area contributed by atoms with Crippen molar-refractivity contribution >= 4 is 27.5 Å². The average molecular weight is 394 g/mol. The van der Waals surface area contributed by atoms with E-state index in [0.29, 0.717) is 21.8 Å². The van der Waals surface area contributed by atoms with E-state index in [1.807, 2.05) is 31.2 Å². The fourth-order valence-corrected chi connectivity index (χ4v) is 4.03. The first-order chi connectivity index (χ1) is 13.5. The minimum absolute atomic E-state index is 0.0465. The van der Waals surface area contributed by atoms with Gasteiger partial charge in [0.05, 0.1) is 17.5 Å². The number of halogens is 1. The molecule has 0 saturated carbocycles. The minimum atomic E-state index is -1.19. The Morgan fingerprint density at radius 2 is 2.00 bits per heavy atom. The third kappa shape index (κ3) is 3.10. The van der Waals surface area contributed by atoms with Crippen molar-refractivity contribution in [3.05, 3.63) is 86.8 Å². The second-order valence-electron chi connectivity index (χ2n) is 6.42. The lowest BCUT2D eigenvalue weighted by molar-refractivity contribution is 0.0699. The summed E-state index contributed by atoms with van der Waals surface area (Å²) in [5, 5.41) is 10.9. The molecule has 4 aromatic rings. The van der Waals surface area contributed by atoms with Gasteiger partial charge in [0.1, 0.15) is 16.5 Å². The van der Waals surface area contributed by atoms with Crippen LogP contribution >= 0.6 is 11.3 Å². The topological polar surface area (TPSA) is 72.2 Å². The van der Waals surface area contributed by atoms with E-state index in [1.54, 1.807) is 18.2 Å². The van der Waals surface area contributed by atoms with E-state index in [0.717, 1.165) is 16.9 Å². The number of carboxylic acids is 1. The number of carboxylic acid groups (broad SMARTS) is 1. The lowest BCUT2D eigenvalue weighted by Gasteiger charge is -2.14. The van der Waals surface area contributed by atoms with Crippen molar-refractivity contribution in [3.63, 3.8) is 0 Å². The highest BCUT2D eigenvalue weighted by Crippen LogP contribution is 2.26. The van der Waals surface area contributed by atoms with Gasteiger partial charge in [0.2, 0.25) is 0 Å². The normalized spacial score (nSPS) is 11.1. The highest BCUT2D eigenvalue weighted by Gasteiger charge is 2.21. The number of hydrogen-bond acceptors (Lipinski definition) is 4. The molecular weight excluding hydrogens is 379 g/mol. The third-order valence-corrected chi connectivity index (χ3v) is 5.36. The first kappa shape index (κ1) is 18.1. The minimum Gasteiger partial charge on any atom is -0.478 e. The molecule has 140 valence electrons. The first-order valence-electron chi connectivity index (χ1n) is 8.51. The average Bonchev–Trinajstić information content (AvgIpc) is 3.10. The molecule has 2 aromatic heterocycles. The van der Waals surface area contributed by atoms with Crippen LogP contribution in [0.3, 0.4) is 0 Å². The van der Waals surface area contributed by atoms with Gasteiger partial charge in [-0.1, -0.05) is 42.0 Å². The summed E-state index contributed by atoms with van der Waals surface area (Å²) in [7, 11) is 0. The summed E-state index contributed by atoms with van der Waals surface area (Å²) in [5.41, 5.74) is 1.44. The summed E-state index contributed by atoms with van der Waals surface area (Å²) in [5.74, 6) is -1.25. The highest BCUT2D eigenvalue weighted by atomic mass is 32.1. The number of carbonyl (C=O) groups is 1. The van der Waals surface area contributed by atoms with Gasteiger partial charge in [0, 0.05) is 16.5 Å². The Morgan fingerprint density at radius 1 is 1.21 bits per heavy atom. The molecule has 5 nitrogen and oxygen atoms in total. The number of aryl methyl sites for hydroxylation is 1. The molecule has 1 N–H and O–H groups in total. The second kappa shape index (κ2) is 7.01. The number of nitrogens with zero attached hydrogens (tertiary/aromatic N) is 2. The number of thiophene rings is 1. The molecule has 2 aromatic carbocycles. The van der Waals surface area contributed by atoms with Crippen molar-refractivity contribution < 1.29 is 14.3 Å². The smallest absolute Gasteiger partial charge is 0.337 e. The number of hydrogen-bond donors (Lipinski definition) is 1. The summed E-state index contributed by atoms with van der Waals surface area (Å²) in [6.07, 6.45) is 0. The Kier molecular flexibility index (Phi) is 4.52. The summed E-state index contributed by atoms with van der Waals surface area (Å²) in [6.45, 7) is 1.88. The molecule has 0 aliphatic carbocycles. The molecule has 0 aliphatic rings. The molecule has 0 amide bonds. The van der Waals surface area contributed by atoms with Crippen molar-refractivity contribution in [2.75, 3.05) is 0 Å². The van der Waals surface area contributed by atoms with E-state index in [9.17, 15) is 19.1 Å². The van der Waals surface area contributed by atoms with Crippen molar-refractivity contribution in [1.82, 2.24) is 9.55 Å². The number of fused-ring (bicyclic) bond motifs is 1. The van der Waals surface area contributed by atoms with Crippen LogP contribution in [0.25, 0.3) is 21.6 Å². The molecule has 0 unspecified atom stereocenters.